The topological polar surface area (TPSA) is 32.3 Å². The van der Waals surface area contributed by atoms with Gasteiger partial charge in [0.05, 0.1) is 5.25 Å². The molecule has 110 valence electrons. The molecule has 1 amide bonds. The summed E-state index contributed by atoms with van der Waals surface area (Å²) in [5.41, 5.74) is 0. The van der Waals surface area contributed by atoms with E-state index in [9.17, 15) is 4.79 Å². The van der Waals surface area contributed by atoms with Crippen LogP contribution in [0.5, 0.6) is 0 Å². The zero-order valence-electron chi connectivity index (χ0n) is 11.9. The van der Waals surface area contributed by atoms with Crippen LogP contribution < -0.4 is 5.32 Å². The van der Waals surface area contributed by atoms with Gasteiger partial charge >= 0.3 is 0 Å². The first-order chi connectivity index (χ1) is 9.61. The molecule has 2 rings (SSSR count). The Hall–Kier alpha value is -0.520. The molecule has 1 aliphatic rings. The van der Waals surface area contributed by atoms with E-state index in [4.69, 9.17) is 0 Å². The van der Waals surface area contributed by atoms with Crippen LogP contribution in [0, 0.1) is 0 Å². The summed E-state index contributed by atoms with van der Waals surface area (Å²) < 4.78 is 1.06. The Balaban J connectivity index is 1.96. The molecule has 0 radical (unpaired) electrons. The highest BCUT2D eigenvalue weighted by atomic mass is 79.9. The first-order valence-corrected chi connectivity index (χ1v) is 8.66. The van der Waals surface area contributed by atoms with Crippen LogP contribution in [0.15, 0.2) is 33.6 Å². The molecule has 0 bridgehead atoms. The SMILES string of the molecule is CNCC1CCCN1C(=O)C(C)Sc1ccc(Br)cc1. The van der Waals surface area contributed by atoms with Gasteiger partial charge < -0.3 is 10.2 Å². The number of likely N-dealkylation sites (N-methyl/N-ethyl adjacent to an activating group) is 1. The Labute approximate surface area is 133 Å². The smallest absolute Gasteiger partial charge is 0.236 e. The second-order valence-corrected chi connectivity index (χ2v) is 7.43. The lowest BCUT2D eigenvalue weighted by atomic mass is 10.2. The summed E-state index contributed by atoms with van der Waals surface area (Å²) in [6, 6.07) is 8.49. The van der Waals surface area contributed by atoms with E-state index < -0.39 is 0 Å². The highest BCUT2D eigenvalue weighted by molar-refractivity contribution is 9.10. The van der Waals surface area contributed by atoms with Gasteiger partial charge in [-0.2, -0.15) is 0 Å². The maximum absolute atomic E-state index is 12.6. The van der Waals surface area contributed by atoms with E-state index >= 15 is 0 Å². The average Bonchev–Trinajstić information content (AvgIpc) is 2.89. The van der Waals surface area contributed by atoms with Crippen LogP contribution in [0.3, 0.4) is 0 Å². The maximum Gasteiger partial charge on any atom is 0.236 e. The monoisotopic (exact) mass is 356 g/mol. The van der Waals surface area contributed by atoms with E-state index in [1.165, 1.54) is 0 Å². The molecule has 2 unspecified atom stereocenters. The molecule has 5 heteroatoms. The fourth-order valence-corrected chi connectivity index (χ4v) is 3.78. The standard InChI is InChI=1S/C15H21BrN2OS/c1-11(20-14-7-5-12(16)6-8-14)15(19)18-9-3-4-13(18)10-17-2/h5-8,11,13,17H,3-4,9-10H2,1-2H3. The minimum absolute atomic E-state index is 0.0337. The first-order valence-electron chi connectivity index (χ1n) is 6.99. The van der Waals surface area contributed by atoms with Gasteiger partial charge in [0.15, 0.2) is 0 Å². The fraction of sp³-hybridized carbons (Fsp3) is 0.533. The molecule has 3 nitrogen and oxygen atoms in total. The summed E-state index contributed by atoms with van der Waals surface area (Å²) in [5, 5.41) is 3.15. The molecule has 0 saturated carbocycles. The van der Waals surface area contributed by atoms with Crippen LogP contribution in [-0.4, -0.2) is 42.2 Å². The molecule has 0 spiro atoms. The number of amides is 1. The highest BCUT2D eigenvalue weighted by Gasteiger charge is 2.31. The summed E-state index contributed by atoms with van der Waals surface area (Å²) in [6.07, 6.45) is 2.23. The number of carbonyl (C=O) groups is 1. The Bertz CT molecular complexity index is 452. The van der Waals surface area contributed by atoms with Crippen LogP contribution in [0.1, 0.15) is 19.8 Å². The Kier molecular flexibility index (Phi) is 5.93. The van der Waals surface area contributed by atoms with Gasteiger partial charge in [0.1, 0.15) is 0 Å². The van der Waals surface area contributed by atoms with Gasteiger partial charge in [-0.15, -0.1) is 11.8 Å². The van der Waals surface area contributed by atoms with Crippen molar-refractivity contribution in [1.82, 2.24) is 10.2 Å². The number of hydrogen-bond acceptors (Lipinski definition) is 3. The Morgan fingerprint density at radius 2 is 2.20 bits per heavy atom. The van der Waals surface area contributed by atoms with E-state index in [1.807, 2.05) is 43.1 Å². The lowest BCUT2D eigenvalue weighted by Crippen LogP contribution is -2.44. The molecular weight excluding hydrogens is 336 g/mol. The van der Waals surface area contributed by atoms with Crippen molar-refractivity contribution in [2.45, 2.75) is 36.0 Å². The minimum atomic E-state index is -0.0337. The predicted octanol–water partition coefficient (Wildman–Crippen LogP) is 3.14. The molecule has 20 heavy (non-hydrogen) atoms. The summed E-state index contributed by atoms with van der Waals surface area (Å²) in [4.78, 5) is 15.8. The number of carbonyl (C=O) groups excluding carboxylic acids is 1. The number of nitrogens with zero attached hydrogens (tertiary/aromatic N) is 1. The van der Waals surface area contributed by atoms with E-state index in [-0.39, 0.29) is 11.2 Å². The van der Waals surface area contributed by atoms with Crippen molar-refractivity contribution in [1.29, 1.82) is 0 Å². The third kappa shape index (κ3) is 3.99. The van der Waals surface area contributed by atoms with Gasteiger partial charge in [-0.05, 0) is 51.1 Å². The second-order valence-electron chi connectivity index (χ2n) is 5.10. The molecule has 1 saturated heterocycles. The van der Waals surface area contributed by atoms with Gasteiger partial charge in [-0.25, -0.2) is 0 Å². The summed E-state index contributed by atoms with van der Waals surface area (Å²) in [5.74, 6) is 0.260. The number of likely N-dealkylation sites (tertiary alicyclic amines) is 1. The van der Waals surface area contributed by atoms with Crippen molar-refractivity contribution in [3.63, 3.8) is 0 Å². The largest absolute Gasteiger partial charge is 0.337 e. The van der Waals surface area contributed by atoms with Crippen molar-refractivity contribution in [3.05, 3.63) is 28.7 Å². The normalized spacial score (nSPS) is 20.1. The van der Waals surface area contributed by atoms with Crippen LogP contribution >= 0.6 is 27.7 Å². The molecule has 0 aliphatic carbocycles. The van der Waals surface area contributed by atoms with Crippen LogP contribution in [0.25, 0.3) is 0 Å². The molecule has 1 heterocycles. The van der Waals surface area contributed by atoms with E-state index in [0.717, 1.165) is 35.3 Å². The third-order valence-corrected chi connectivity index (χ3v) is 5.20. The van der Waals surface area contributed by atoms with Gasteiger partial charge in [-0.1, -0.05) is 15.9 Å². The maximum atomic E-state index is 12.6. The van der Waals surface area contributed by atoms with Crippen molar-refractivity contribution in [3.8, 4) is 0 Å². The zero-order valence-corrected chi connectivity index (χ0v) is 14.3. The van der Waals surface area contributed by atoms with Gasteiger partial charge in [0.25, 0.3) is 0 Å². The number of nitrogens with one attached hydrogen (secondary N) is 1. The van der Waals surface area contributed by atoms with Crippen molar-refractivity contribution < 1.29 is 4.79 Å². The molecule has 1 aromatic carbocycles. The van der Waals surface area contributed by atoms with Gasteiger partial charge in [0.2, 0.25) is 5.91 Å². The molecule has 0 aromatic heterocycles. The number of benzene rings is 1. The lowest BCUT2D eigenvalue weighted by Gasteiger charge is -2.27. The summed E-state index contributed by atoms with van der Waals surface area (Å²) in [7, 11) is 1.95. The third-order valence-electron chi connectivity index (χ3n) is 3.57. The Morgan fingerprint density at radius 3 is 2.85 bits per heavy atom. The van der Waals surface area contributed by atoms with Crippen LogP contribution in [-0.2, 0) is 4.79 Å². The van der Waals surface area contributed by atoms with Crippen molar-refractivity contribution >= 4 is 33.6 Å². The molecule has 1 aromatic rings. The fourth-order valence-electron chi connectivity index (χ4n) is 2.57. The van der Waals surface area contributed by atoms with E-state index in [2.05, 4.69) is 21.2 Å². The molecule has 1 fully saturated rings. The quantitative estimate of drug-likeness (QED) is 0.822. The predicted molar refractivity (Wildman–Crippen MR) is 88.1 cm³/mol. The lowest BCUT2D eigenvalue weighted by molar-refractivity contribution is -0.131. The van der Waals surface area contributed by atoms with Gasteiger partial charge in [0, 0.05) is 28.5 Å². The van der Waals surface area contributed by atoms with Crippen molar-refractivity contribution in [2.24, 2.45) is 0 Å². The van der Waals surface area contributed by atoms with E-state index in [0.29, 0.717) is 6.04 Å². The number of thioether (sulfide) groups is 1. The minimum Gasteiger partial charge on any atom is -0.337 e. The summed E-state index contributed by atoms with van der Waals surface area (Å²) >= 11 is 5.06. The Morgan fingerprint density at radius 1 is 1.50 bits per heavy atom. The van der Waals surface area contributed by atoms with Crippen LogP contribution in [0.4, 0.5) is 0 Å². The highest BCUT2D eigenvalue weighted by Crippen LogP contribution is 2.28. The number of hydrogen-bond donors (Lipinski definition) is 1. The number of rotatable bonds is 5. The molecular formula is C15H21BrN2OS. The zero-order chi connectivity index (χ0) is 14.5. The van der Waals surface area contributed by atoms with Crippen LogP contribution in [0.2, 0.25) is 0 Å². The average molecular weight is 357 g/mol. The first kappa shape index (κ1) is 15.9. The molecule has 2 atom stereocenters. The second kappa shape index (κ2) is 7.48. The van der Waals surface area contributed by atoms with Gasteiger partial charge in [-0.3, -0.25) is 4.79 Å². The molecule has 1 N–H and O–H groups in total. The number of halogens is 1. The van der Waals surface area contributed by atoms with Crippen molar-refractivity contribution in [2.75, 3.05) is 20.1 Å². The molecule has 1 aliphatic heterocycles. The summed E-state index contributed by atoms with van der Waals surface area (Å²) in [6.45, 7) is 3.79. The van der Waals surface area contributed by atoms with E-state index in [1.54, 1.807) is 11.8 Å².